The van der Waals surface area contributed by atoms with Crippen molar-refractivity contribution in [3.63, 3.8) is 0 Å². The first-order valence-corrected chi connectivity index (χ1v) is 14.3. The van der Waals surface area contributed by atoms with Crippen LogP contribution in [0.5, 0.6) is 0 Å². The SMILES string of the molecule is CCNC(=O)[C@H](Cc1ccccc1)N(Cc1cccc(Br)c1)C(=O)CN(c1ccccc1F)S(C)(=O)=O. The van der Waals surface area contributed by atoms with Gasteiger partial charge in [-0.15, -0.1) is 0 Å². The summed E-state index contributed by atoms with van der Waals surface area (Å²) < 4.78 is 41.4. The zero-order valence-corrected chi connectivity index (χ0v) is 23.0. The quantitative estimate of drug-likeness (QED) is 0.364. The molecular formula is C27H29BrFN3O4S. The van der Waals surface area contributed by atoms with Gasteiger partial charge in [0, 0.05) is 24.0 Å². The summed E-state index contributed by atoms with van der Waals surface area (Å²) in [5.41, 5.74) is 1.33. The zero-order chi connectivity index (χ0) is 27.0. The summed E-state index contributed by atoms with van der Waals surface area (Å²) in [6.07, 6.45) is 1.13. The maximum absolute atomic E-state index is 14.6. The highest BCUT2D eigenvalue weighted by Gasteiger charge is 2.33. The highest BCUT2D eigenvalue weighted by molar-refractivity contribution is 9.10. The van der Waals surface area contributed by atoms with Gasteiger partial charge >= 0.3 is 0 Å². The van der Waals surface area contributed by atoms with Crippen LogP contribution >= 0.6 is 15.9 Å². The molecule has 0 radical (unpaired) electrons. The third kappa shape index (κ3) is 7.87. The number of nitrogens with one attached hydrogen (secondary N) is 1. The molecule has 1 atom stereocenters. The molecule has 0 aliphatic rings. The van der Waals surface area contributed by atoms with E-state index in [1.807, 2.05) is 54.6 Å². The maximum Gasteiger partial charge on any atom is 0.244 e. The van der Waals surface area contributed by atoms with Crippen molar-refractivity contribution in [3.05, 3.63) is 100 Å². The minimum absolute atomic E-state index is 0.0434. The number of rotatable bonds is 11. The van der Waals surface area contributed by atoms with Gasteiger partial charge in [0.25, 0.3) is 0 Å². The Bertz CT molecular complexity index is 1340. The number of amides is 2. The van der Waals surface area contributed by atoms with E-state index in [1.165, 1.54) is 23.1 Å². The van der Waals surface area contributed by atoms with E-state index in [2.05, 4.69) is 21.2 Å². The minimum Gasteiger partial charge on any atom is -0.355 e. The first-order valence-electron chi connectivity index (χ1n) is 11.7. The van der Waals surface area contributed by atoms with Crippen LogP contribution in [0.3, 0.4) is 0 Å². The summed E-state index contributed by atoms with van der Waals surface area (Å²) in [6.45, 7) is 1.51. The second-order valence-corrected chi connectivity index (χ2v) is 11.3. The Hall–Kier alpha value is -3.24. The molecule has 0 saturated heterocycles. The summed E-state index contributed by atoms with van der Waals surface area (Å²) in [5, 5.41) is 2.79. The number of anilines is 1. The van der Waals surface area contributed by atoms with Crippen LogP contribution in [0.15, 0.2) is 83.3 Å². The van der Waals surface area contributed by atoms with Crippen LogP contribution in [0.2, 0.25) is 0 Å². The number of carbonyl (C=O) groups is 2. The summed E-state index contributed by atoms with van der Waals surface area (Å²) in [7, 11) is -4.03. The fraction of sp³-hybridized carbons (Fsp3) is 0.259. The zero-order valence-electron chi connectivity index (χ0n) is 20.6. The molecule has 0 saturated carbocycles. The normalized spacial score (nSPS) is 12.0. The minimum atomic E-state index is -4.03. The van der Waals surface area contributed by atoms with Crippen LogP contribution in [-0.4, -0.2) is 50.5 Å². The summed E-state index contributed by atoms with van der Waals surface area (Å²) in [4.78, 5) is 28.4. The fourth-order valence-corrected chi connectivity index (χ4v) is 5.22. The Morgan fingerprint density at radius 3 is 2.24 bits per heavy atom. The Morgan fingerprint density at radius 1 is 0.973 bits per heavy atom. The third-order valence-electron chi connectivity index (χ3n) is 5.66. The molecule has 0 aliphatic heterocycles. The predicted octanol–water partition coefficient (Wildman–Crippen LogP) is 4.13. The van der Waals surface area contributed by atoms with E-state index >= 15 is 0 Å². The Morgan fingerprint density at radius 2 is 1.62 bits per heavy atom. The molecule has 0 aromatic heterocycles. The number of hydrogen-bond donors (Lipinski definition) is 1. The van der Waals surface area contributed by atoms with E-state index in [0.717, 1.165) is 32.2 Å². The number of nitrogens with zero attached hydrogens (tertiary/aromatic N) is 2. The molecular weight excluding hydrogens is 561 g/mol. The number of hydrogen-bond acceptors (Lipinski definition) is 4. The summed E-state index contributed by atoms with van der Waals surface area (Å²) >= 11 is 3.43. The van der Waals surface area contributed by atoms with E-state index in [4.69, 9.17) is 0 Å². The number of halogens is 2. The highest BCUT2D eigenvalue weighted by atomic mass is 79.9. The van der Waals surface area contributed by atoms with Crippen molar-refractivity contribution >= 4 is 43.5 Å². The van der Waals surface area contributed by atoms with E-state index in [9.17, 15) is 22.4 Å². The second-order valence-electron chi connectivity index (χ2n) is 8.47. The van der Waals surface area contributed by atoms with Crippen LogP contribution in [-0.2, 0) is 32.6 Å². The number of benzene rings is 3. The van der Waals surface area contributed by atoms with Crippen molar-refractivity contribution in [1.29, 1.82) is 0 Å². The van der Waals surface area contributed by atoms with Crippen molar-refractivity contribution in [2.75, 3.05) is 23.7 Å². The molecule has 3 rings (SSSR count). The molecule has 2 amide bonds. The van der Waals surface area contributed by atoms with Crippen LogP contribution in [0.4, 0.5) is 10.1 Å². The smallest absolute Gasteiger partial charge is 0.244 e. The molecule has 0 aliphatic carbocycles. The van der Waals surface area contributed by atoms with Crippen molar-refractivity contribution in [2.45, 2.75) is 25.9 Å². The lowest BCUT2D eigenvalue weighted by Gasteiger charge is -2.33. The Balaban J connectivity index is 2.05. The molecule has 0 fully saturated rings. The van der Waals surface area contributed by atoms with E-state index in [0.29, 0.717) is 6.54 Å². The van der Waals surface area contributed by atoms with Crippen LogP contribution in [0, 0.1) is 5.82 Å². The first kappa shape index (κ1) is 28.3. The summed E-state index contributed by atoms with van der Waals surface area (Å²) in [5.74, 6) is -1.78. The molecule has 37 heavy (non-hydrogen) atoms. The standard InChI is InChI=1S/C27H29BrFN3O4S/c1-3-30-27(34)25(17-20-10-5-4-6-11-20)31(18-21-12-9-13-22(28)16-21)26(33)19-32(37(2,35)36)24-15-8-7-14-23(24)29/h4-16,25H,3,17-19H2,1-2H3,(H,30,34)/t25-/m0/s1. The molecule has 0 spiro atoms. The summed E-state index contributed by atoms with van der Waals surface area (Å²) in [6, 6.07) is 21.0. The molecule has 196 valence electrons. The van der Waals surface area contributed by atoms with E-state index in [1.54, 1.807) is 6.92 Å². The second kappa shape index (κ2) is 12.8. The van der Waals surface area contributed by atoms with Gasteiger partial charge in [-0.05, 0) is 42.3 Å². The molecule has 3 aromatic rings. The van der Waals surface area contributed by atoms with Gasteiger partial charge in [-0.1, -0.05) is 70.5 Å². The van der Waals surface area contributed by atoms with Gasteiger partial charge in [0.1, 0.15) is 18.4 Å². The van der Waals surface area contributed by atoms with Crippen molar-refractivity contribution in [3.8, 4) is 0 Å². The topological polar surface area (TPSA) is 86.8 Å². The predicted molar refractivity (Wildman–Crippen MR) is 146 cm³/mol. The van der Waals surface area contributed by atoms with Crippen LogP contribution < -0.4 is 9.62 Å². The van der Waals surface area contributed by atoms with E-state index < -0.39 is 34.3 Å². The number of sulfonamides is 1. The first-order chi connectivity index (χ1) is 17.6. The number of para-hydroxylation sites is 1. The number of carbonyl (C=O) groups excluding carboxylic acids is 2. The van der Waals surface area contributed by atoms with Gasteiger partial charge in [-0.3, -0.25) is 13.9 Å². The number of likely N-dealkylation sites (N-methyl/N-ethyl adjacent to an activating group) is 1. The Labute approximate surface area is 225 Å². The Kier molecular flexibility index (Phi) is 9.82. The lowest BCUT2D eigenvalue weighted by Crippen LogP contribution is -2.53. The molecule has 0 heterocycles. The molecule has 3 aromatic carbocycles. The average Bonchev–Trinajstić information content (AvgIpc) is 2.85. The maximum atomic E-state index is 14.6. The monoisotopic (exact) mass is 589 g/mol. The van der Waals surface area contributed by atoms with Crippen molar-refractivity contribution in [1.82, 2.24) is 10.2 Å². The van der Waals surface area contributed by atoms with E-state index in [-0.39, 0.29) is 24.6 Å². The molecule has 1 N–H and O–H groups in total. The largest absolute Gasteiger partial charge is 0.355 e. The molecule has 10 heteroatoms. The lowest BCUT2D eigenvalue weighted by atomic mass is 10.0. The van der Waals surface area contributed by atoms with Gasteiger partial charge in [-0.2, -0.15) is 0 Å². The molecule has 0 bridgehead atoms. The molecule has 0 unspecified atom stereocenters. The van der Waals surface area contributed by atoms with Crippen LogP contribution in [0.25, 0.3) is 0 Å². The van der Waals surface area contributed by atoms with Gasteiger partial charge < -0.3 is 10.2 Å². The van der Waals surface area contributed by atoms with Crippen molar-refractivity contribution < 1.29 is 22.4 Å². The molecule has 7 nitrogen and oxygen atoms in total. The van der Waals surface area contributed by atoms with Gasteiger partial charge in [0.15, 0.2) is 0 Å². The highest BCUT2D eigenvalue weighted by Crippen LogP contribution is 2.23. The van der Waals surface area contributed by atoms with Gasteiger partial charge in [-0.25, -0.2) is 12.8 Å². The third-order valence-corrected chi connectivity index (χ3v) is 7.28. The lowest BCUT2D eigenvalue weighted by molar-refractivity contribution is -0.140. The van der Waals surface area contributed by atoms with Gasteiger partial charge in [0.2, 0.25) is 21.8 Å². The fourth-order valence-electron chi connectivity index (χ4n) is 3.93. The van der Waals surface area contributed by atoms with Crippen LogP contribution in [0.1, 0.15) is 18.1 Å². The van der Waals surface area contributed by atoms with Gasteiger partial charge in [0.05, 0.1) is 11.9 Å². The average molecular weight is 591 g/mol. The van der Waals surface area contributed by atoms with Crippen molar-refractivity contribution in [2.24, 2.45) is 0 Å².